The summed E-state index contributed by atoms with van der Waals surface area (Å²) in [5.74, 6) is 0. The first-order valence-electron chi connectivity index (χ1n) is 5.49. The zero-order valence-corrected chi connectivity index (χ0v) is 10.4. The number of nitrogens with zero attached hydrogens (tertiary/aromatic N) is 1. The van der Waals surface area contributed by atoms with Gasteiger partial charge in [0, 0.05) is 12.7 Å². The molecule has 0 aliphatic heterocycles. The Balaban J connectivity index is 4.34. The largest absolute Gasteiger partial charge is 0.355 e. The molecule has 0 spiro atoms. The number of allylic oxidation sites excluding steroid dienone is 1. The van der Waals surface area contributed by atoms with Gasteiger partial charge in [0.2, 0.25) is 0 Å². The van der Waals surface area contributed by atoms with Crippen molar-refractivity contribution < 1.29 is 0 Å². The van der Waals surface area contributed by atoms with Crippen LogP contribution in [0.2, 0.25) is 0 Å². The molecule has 0 saturated heterocycles. The van der Waals surface area contributed by atoms with Crippen molar-refractivity contribution >= 4 is 0 Å². The first-order chi connectivity index (χ1) is 6.41. The molecule has 0 saturated carbocycles. The van der Waals surface area contributed by atoms with E-state index < -0.39 is 0 Å². The maximum Gasteiger partial charge on any atom is 0.0219 e. The van der Waals surface area contributed by atoms with Crippen LogP contribution in [0.4, 0.5) is 0 Å². The fraction of sp³-hybridized carbons (Fsp3) is 0.692. The second-order valence-electron chi connectivity index (χ2n) is 4.84. The van der Waals surface area contributed by atoms with Gasteiger partial charge < -0.3 is 4.90 Å². The van der Waals surface area contributed by atoms with Gasteiger partial charge >= 0.3 is 0 Å². The van der Waals surface area contributed by atoms with E-state index in [4.69, 9.17) is 0 Å². The third kappa shape index (κ3) is 5.11. The Kier molecular flexibility index (Phi) is 5.59. The molecule has 1 heteroatoms. The Morgan fingerprint density at radius 2 is 1.93 bits per heavy atom. The second-order valence-corrected chi connectivity index (χ2v) is 4.84. The molecule has 0 atom stereocenters. The highest BCUT2D eigenvalue weighted by Gasteiger charge is 2.12. The maximum atomic E-state index is 3.83. The van der Waals surface area contributed by atoms with Gasteiger partial charge in [-0.1, -0.05) is 46.3 Å². The SMILES string of the molecule is C=CN(/C=C(\C)C(C)(C)C)CCCC. The quantitative estimate of drug-likeness (QED) is 0.636. The van der Waals surface area contributed by atoms with Crippen LogP contribution in [-0.2, 0) is 0 Å². The highest BCUT2D eigenvalue weighted by atomic mass is 15.1. The summed E-state index contributed by atoms with van der Waals surface area (Å²) >= 11 is 0. The van der Waals surface area contributed by atoms with Crippen LogP contribution in [0.15, 0.2) is 24.6 Å². The lowest BCUT2D eigenvalue weighted by molar-refractivity contribution is 0.446. The van der Waals surface area contributed by atoms with Gasteiger partial charge in [-0.3, -0.25) is 0 Å². The van der Waals surface area contributed by atoms with Gasteiger partial charge in [0.05, 0.1) is 0 Å². The van der Waals surface area contributed by atoms with Crippen molar-refractivity contribution in [3.05, 3.63) is 24.6 Å². The third-order valence-corrected chi connectivity index (χ3v) is 2.55. The first kappa shape index (κ1) is 13.3. The topological polar surface area (TPSA) is 3.24 Å². The zero-order chi connectivity index (χ0) is 11.2. The van der Waals surface area contributed by atoms with Gasteiger partial charge in [-0.05, 0) is 25.0 Å². The zero-order valence-electron chi connectivity index (χ0n) is 10.4. The molecule has 14 heavy (non-hydrogen) atoms. The van der Waals surface area contributed by atoms with E-state index in [0.29, 0.717) is 0 Å². The van der Waals surface area contributed by atoms with E-state index in [1.807, 2.05) is 6.20 Å². The van der Waals surface area contributed by atoms with E-state index in [-0.39, 0.29) is 5.41 Å². The average Bonchev–Trinajstić information content (AvgIpc) is 2.10. The monoisotopic (exact) mass is 195 g/mol. The van der Waals surface area contributed by atoms with E-state index in [0.717, 1.165) is 6.54 Å². The van der Waals surface area contributed by atoms with Crippen molar-refractivity contribution in [1.29, 1.82) is 0 Å². The van der Waals surface area contributed by atoms with Crippen molar-refractivity contribution in [1.82, 2.24) is 4.90 Å². The van der Waals surface area contributed by atoms with Crippen molar-refractivity contribution in [2.45, 2.75) is 47.5 Å². The molecule has 0 aromatic heterocycles. The molecule has 0 aliphatic rings. The Bertz CT molecular complexity index is 196. The molecule has 0 fully saturated rings. The van der Waals surface area contributed by atoms with Crippen LogP contribution in [0, 0.1) is 5.41 Å². The van der Waals surface area contributed by atoms with Crippen LogP contribution >= 0.6 is 0 Å². The molecule has 0 unspecified atom stereocenters. The fourth-order valence-electron chi connectivity index (χ4n) is 0.992. The molecule has 82 valence electrons. The maximum absolute atomic E-state index is 3.83. The smallest absolute Gasteiger partial charge is 0.0219 e. The molecule has 0 amide bonds. The molecule has 0 aromatic carbocycles. The van der Waals surface area contributed by atoms with Gasteiger partial charge in [0.1, 0.15) is 0 Å². The molecule has 0 aromatic rings. The molecule has 0 rings (SSSR count). The van der Waals surface area contributed by atoms with E-state index in [1.54, 1.807) is 0 Å². The van der Waals surface area contributed by atoms with Crippen molar-refractivity contribution in [3.8, 4) is 0 Å². The third-order valence-electron chi connectivity index (χ3n) is 2.55. The molecule has 0 bridgehead atoms. The number of hydrogen-bond donors (Lipinski definition) is 0. The van der Waals surface area contributed by atoms with Gasteiger partial charge in [0.15, 0.2) is 0 Å². The normalized spacial score (nSPS) is 12.8. The Hall–Kier alpha value is -0.720. The lowest BCUT2D eigenvalue weighted by atomic mass is 9.88. The summed E-state index contributed by atoms with van der Waals surface area (Å²) in [4.78, 5) is 2.18. The minimum absolute atomic E-state index is 0.257. The molecule has 0 heterocycles. The highest BCUT2D eigenvalue weighted by Crippen LogP contribution is 2.24. The number of rotatable bonds is 5. The van der Waals surface area contributed by atoms with E-state index in [9.17, 15) is 0 Å². The first-order valence-corrected chi connectivity index (χ1v) is 5.49. The predicted molar refractivity (Wildman–Crippen MR) is 65.0 cm³/mol. The van der Waals surface area contributed by atoms with Crippen LogP contribution in [-0.4, -0.2) is 11.4 Å². The Morgan fingerprint density at radius 1 is 1.36 bits per heavy atom. The van der Waals surface area contributed by atoms with Gasteiger partial charge in [-0.25, -0.2) is 0 Å². The fourth-order valence-corrected chi connectivity index (χ4v) is 0.992. The molecular formula is C13H25N. The van der Waals surface area contributed by atoms with Crippen LogP contribution in [0.5, 0.6) is 0 Å². The van der Waals surface area contributed by atoms with E-state index in [1.165, 1.54) is 18.4 Å². The molecular weight excluding hydrogens is 170 g/mol. The summed E-state index contributed by atoms with van der Waals surface area (Å²) < 4.78 is 0. The Morgan fingerprint density at radius 3 is 2.29 bits per heavy atom. The summed E-state index contributed by atoms with van der Waals surface area (Å²) in [6, 6.07) is 0. The summed E-state index contributed by atoms with van der Waals surface area (Å²) in [5, 5.41) is 0. The number of unbranched alkanes of at least 4 members (excludes halogenated alkanes) is 1. The molecule has 0 aliphatic carbocycles. The second kappa shape index (κ2) is 5.90. The van der Waals surface area contributed by atoms with Crippen LogP contribution in [0.3, 0.4) is 0 Å². The minimum Gasteiger partial charge on any atom is -0.355 e. The predicted octanol–water partition coefficient (Wildman–Crippen LogP) is 4.18. The average molecular weight is 195 g/mol. The summed E-state index contributed by atoms with van der Waals surface area (Å²) in [6.07, 6.45) is 6.57. The van der Waals surface area contributed by atoms with Crippen molar-refractivity contribution in [2.24, 2.45) is 5.41 Å². The summed E-state index contributed by atoms with van der Waals surface area (Å²) in [6.45, 7) is 16.0. The lowest BCUT2D eigenvalue weighted by Crippen LogP contribution is -2.15. The van der Waals surface area contributed by atoms with Gasteiger partial charge in [0.25, 0.3) is 0 Å². The van der Waals surface area contributed by atoms with Crippen molar-refractivity contribution in [3.63, 3.8) is 0 Å². The van der Waals surface area contributed by atoms with E-state index in [2.05, 4.69) is 52.3 Å². The van der Waals surface area contributed by atoms with Crippen LogP contribution < -0.4 is 0 Å². The number of hydrogen-bond acceptors (Lipinski definition) is 1. The van der Waals surface area contributed by atoms with Gasteiger partial charge in [-0.15, -0.1) is 0 Å². The highest BCUT2D eigenvalue weighted by molar-refractivity contribution is 5.08. The lowest BCUT2D eigenvalue weighted by Gasteiger charge is -2.23. The summed E-state index contributed by atoms with van der Waals surface area (Å²) in [5.41, 5.74) is 1.65. The standard InChI is InChI=1S/C13H25N/c1-7-9-10-14(8-2)11-12(3)13(4,5)6/h8,11H,2,7,9-10H2,1,3-6H3/b12-11+. The summed E-state index contributed by atoms with van der Waals surface area (Å²) in [7, 11) is 0. The molecule has 0 N–H and O–H groups in total. The molecule has 1 nitrogen and oxygen atoms in total. The van der Waals surface area contributed by atoms with Gasteiger partial charge in [-0.2, -0.15) is 0 Å². The Labute approximate surface area is 89.5 Å². The van der Waals surface area contributed by atoms with Crippen molar-refractivity contribution in [2.75, 3.05) is 6.54 Å². The molecule has 0 radical (unpaired) electrons. The van der Waals surface area contributed by atoms with E-state index >= 15 is 0 Å². The van der Waals surface area contributed by atoms with Crippen LogP contribution in [0.1, 0.15) is 47.5 Å². The minimum atomic E-state index is 0.257. The van der Waals surface area contributed by atoms with Crippen LogP contribution in [0.25, 0.3) is 0 Å².